The fourth-order valence-electron chi connectivity index (χ4n) is 3.90. The van der Waals surface area contributed by atoms with E-state index in [1.165, 1.54) is 37.1 Å². The molecule has 2 heterocycles. The van der Waals surface area contributed by atoms with Crippen LogP contribution in [0.1, 0.15) is 37.8 Å². The Kier molecular flexibility index (Phi) is 12.0. The lowest BCUT2D eigenvalue weighted by Crippen LogP contribution is -2.44. The van der Waals surface area contributed by atoms with Gasteiger partial charge >= 0.3 is 0 Å². The summed E-state index contributed by atoms with van der Waals surface area (Å²) in [5, 5.41) is 6.81. The standard InChI is InChI=1S/C23H39N5O.HI/c1-3-24-23(25-10-13-27-14-16-29-17-15-27)26-18-21-4-6-22(7-5-21)19-28-11-8-20(2)9-12-28;/h4-7,20H,3,8-19H2,1-2H3,(H2,24,25,26);1H. The predicted molar refractivity (Wildman–Crippen MR) is 136 cm³/mol. The van der Waals surface area contributed by atoms with Crippen LogP contribution in [-0.4, -0.2) is 74.8 Å². The summed E-state index contributed by atoms with van der Waals surface area (Å²) in [6.45, 7) is 15.3. The van der Waals surface area contributed by atoms with Crippen LogP contribution in [0.25, 0.3) is 0 Å². The molecule has 2 aliphatic rings. The Balaban J connectivity index is 0.00000320. The van der Waals surface area contributed by atoms with E-state index in [4.69, 9.17) is 9.73 Å². The molecule has 1 aromatic rings. The molecule has 30 heavy (non-hydrogen) atoms. The van der Waals surface area contributed by atoms with Crippen LogP contribution in [0.2, 0.25) is 0 Å². The van der Waals surface area contributed by atoms with Crippen LogP contribution in [0.4, 0.5) is 0 Å². The molecule has 2 N–H and O–H groups in total. The normalized spacial score (nSPS) is 19.3. The number of morpholine rings is 1. The number of benzene rings is 1. The van der Waals surface area contributed by atoms with Crippen LogP contribution in [0.15, 0.2) is 29.3 Å². The van der Waals surface area contributed by atoms with Crippen LogP contribution in [-0.2, 0) is 17.8 Å². The van der Waals surface area contributed by atoms with Gasteiger partial charge in [0.1, 0.15) is 0 Å². The number of halogens is 1. The van der Waals surface area contributed by atoms with Gasteiger partial charge < -0.3 is 15.4 Å². The van der Waals surface area contributed by atoms with Gasteiger partial charge in [-0.1, -0.05) is 31.2 Å². The zero-order valence-corrected chi connectivity index (χ0v) is 21.1. The molecule has 0 amide bonds. The number of guanidine groups is 1. The SMILES string of the molecule is CCNC(=NCc1ccc(CN2CCC(C)CC2)cc1)NCCN1CCOCC1.I. The van der Waals surface area contributed by atoms with E-state index in [2.05, 4.69) is 58.5 Å². The van der Waals surface area contributed by atoms with Crippen molar-refractivity contribution in [2.24, 2.45) is 10.9 Å². The molecule has 0 unspecified atom stereocenters. The lowest BCUT2D eigenvalue weighted by molar-refractivity contribution is 0.0389. The first-order chi connectivity index (χ1) is 14.2. The average molecular weight is 530 g/mol. The first kappa shape index (κ1) is 25.4. The molecule has 0 spiro atoms. The average Bonchev–Trinajstić information content (AvgIpc) is 2.75. The number of rotatable bonds is 8. The quantitative estimate of drug-likeness (QED) is 0.308. The number of hydrogen-bond donors (Lipinski definition) is 2. The molecule has 2 saturated heterocycles. The van der Waals surface area contributed by atoms with Crippen LogP contribution in [0, 0.1) is 5.92 Å². The zero-order chi connectivity index (χ0) is 20.3. The molecule has 0 aliphatic carbocycles. The van der Waals surface area contributed by atoms with Gasteiger partial charge in [-0.25, -0.2) is 4.99 Å². The number of aliphatic imine (C=N–C) groups is 1. The predicted octanol–water partition coefficient (Wildman–Crippen LogP) is 2.92. The number of piperidine rings is 1. The van der Waals surface area contributed by atoms with Crippen molar-refractivity contribution in [2.45, 2.75) is 39.8 Å². The Morgan fingerprint density at radius 1 is 1.00 bits per heavy atom. The number of ether oxygens (including phenoxy) is 1. The van der Waals surface area contributed by atoms with Gasteiger partial charge in [-0.2, -0.15) is 0 Å². The molecule has 0 aromatic heterocycles. The van der Waals surface area contributed by atoms with Crippen molar-refractivity contribution in [3.05, 3.63) is 35.4 Å². The second kappa shape index (κ2) is 14.2. The summed E-state index contributed by atoms with van der Waals surface area (Å²) in [7, 11) is 0. The topological polar surface area (TPSA) is 52.1 Å². The third-order valence-corrected chi connectivity index (χ3v) is 5.89. The summed E-state index contributed by atoms with van der Waals surface area (Å²) >= 11 is 0. The highest BCUT2D eigenvalue weighted by Crippen LogP contribution is 2.18. The first-order valence-electron chi connectivity index (χ1n) is 11.4. The van der Waals surface area contributed by atoms with Crippen LogP contribution < -0.4 is 10.6 Å². The van der Waals surface area contributed by atoms with E-state index in [1.807, 2.05) is 0 Å². The van der Waals surface area contributed by atoms with Crippen molar-refractivity contribution in [1.29, 1.82) is 0 Å². The van der Waals surface area contributed by atoms with E-state index in [9.17, 15) is 0 Å². The second-order valence-corrected chi connectivity index (χ2v) is 8.35. The molecule has 1 aromatic carbocycles. The van der Waals surface area contributed by atoms with Gasteiger partial charge in [0.05, 0.1) is 19.8 Å². The number of nitrogens with one attached hydrogen (secondary N) is 2. The van der Waals surface area contributed by atoms with Gasteiger partial charge in [-0.3, -0.25) is 9.80 Å². The fraction of sp³-hybridized carbons (Fsp3) is 0.696. The molecule has 6 nitrogen and oxygen atoms in total. The highest BCUT2D eigenvalue weighted by molar-refractivity contribution is 14.0. The molecule has 0 bridgehead atoms. The molecule has 0 atom stereocenters. The van der Waals surface area contributed by atoms with Crippen LogP contribution >= 0.6 is 24.0 Å². The smallest absolute Gasteiger partial charge is 0.191 e. The Labute approximate surface area is 199 Å². The maximum absolute atomic E-state index is 5.41. The van der Waals surface area contributed by atoms with Crippen molar-refractivity contribution >= 4 is 29.9 Å². The van der Waals surface area contributed by atoms with Gasteiger partial charge in [0, 0.05) is 39.3 Å². The van der Waals surface area contributed by atoms with Crippen molar-refractivity contribution in [3.63, 3.8) is 0 Å². The highest BCUT2D eigenvalue weighted by Gasteiger charge is 2.15. The van der Waals surface area contributed by atoms with Crippen molar-refractivity contribution in [2.75, 3.05) is 59.0 Å². The Hall–Kier alpha value is -0.900. The highest BCUT2D eigenvalue weighted by atomic mass is 127. The summed E-state index contributed by atoms with van der Waals surface area (Å²) in [6, 6.07) is 8.98. The van der Waals surface area contributed by atoms with Gasteiger partial charge in [0.2, 0.25) is 0 Å². The molecule has 2 aliphatic heterocycles. The summed E-state index contributed by atoms with van der Waals surface area (Å²) in [5.74, 6) is 1.78. The summed E-state index contributed by atoms with van der Waals surface area (Å²) in [6.07, 6.45) is 2.66. The minimum atomic E-state index is 0. The molecular weight excluding hydrogens is 489 g/mol. The third kappa shape index (κ3) is 9.08. The van der Waals surface area contributed by atoms with Crippen molar-refractivity contribution < 1.29 is 4.74 Å². The van der Waals surface area contributed by atoms with E-state index in [0.29, 0.717) is 6.54 Å². The lowest BCUT2D eigenvalue weighted by Gasteiger charge is -2.30. The monoisotopic (exact) mass is 529 g/mol. The molecule has 2 fully saturated rings. The number of hydrogen-bond acceptors (Lipinski definition) is 4. The minimum absolute atomic E-state index is 0. The first-order valence-corrected chi connectivity index (χ1v) is 11.4. The van der Waals surface area contributed by atoms with E-state index in [1.54, 1.807) is 0 Å². The van der Waals surface area contributed by atoms with Crippen molar-refractivity contribution in [3.8, 4) is 0 Å². The molecule has 3 rings (SSSR count). The number of likely N-dealkylation sites (tertiary alicyclic amines) is 1. The Morgan fingerprint density at radius 2 is 1.67 bits per heavy atom. The Bertz CT molecular complexity index is 611. The fourth-order valence-corrected chi connectivity index (χ4v) is 3.90. The number of nitrogens with zero attached hydrogens (tertiary/aromatic N) is 3. The van der Waals surface area contributed by atoms with Gasteiger partial charge in [-0.15, -0.1) is 24.0 Å². The van der Waals surface area contributed by atoms with E-state index in [-0.39, 0.29) is 24.0 Å². The third-order valence-electron chi connectivity index (χ3n) is 5.89. The lowest BCUT2D eigenvalue weighted by atomic mass is 9.99. The summed E-state index contributed by atoms with van der Waals surface area (Å²) < 4.78 is 5.41. The van der Waals surface area contributed by atoms with E-state index in [0.717, 1.165) is 64.4 Å². The molecular formula is C23H40IN5O. The van der Waals surface area contributed by atoms with E-state index >= 15 is 0 Å². The van der Waals surface area contributed by atoms with Crippen LogP contribution in [0.5, 0.6) is 0 Å². The maximum atomic E-state index is 5.41. The van der Waals surface area contributed by atoms with Crippen LogP contribution in [0.3, 0.4) is 0 Å². The van der Waals surface area contributed by atoms with Crippen molar-refractivity contribution in [1.82, 2.24) is 20.4 Å². The molecule has 7 heteroatoms. The Morgan fingerprint density at radius 3 is 2.33 bits per heavy atom. The van der Waals surface area contributed by atoms with E-state index < -0.39 is 0 Å². The van der Waals surface area contributed by atoms with Gasteiger partial charge in [0.25, 0.3) is 0 Å². The second-order valence-electron chi connectivity index (χ2n) is 8.35. The summed E-state index contributed by atoms with van der Waals surface area (Å²) in [5.41, 5.74) is 2.66. The summed E-state index contributed by atoms with van der Waals surface area (Å²) in [4.78, 5) is 9.77. The molecule has 0 saturated carbocycles. The molecule has 0 radical (unpaired) electrons. The van der Waals surface area contributed by atoms with Gasteiger partial charge in [-0.05, 0) is 49.9 Å². The zero-order valence-electron chi connectivity index (χ0n) is 18.7. The molecule has 170 valence electrons. The van der Waals surface area contributed by atoms with Gasteiger partial charge in [0.15, 0.2) is 5.96 Å². The minimum Gasteiger partial charge on any atom is -0.379 e. The maximum Gasteiger partial charge on any atom is 0.191 e. The largest absolute Gasteiger partial charge is 0.379 e.